The first-order chi connectivity index (χ1) is 17.4. The van der Waals surface area contributed by atoms with E-state index in [0.717, 1.165) is 57.8 Å². The van der Waals surface area contributed by atoms with Gasteiger partial charge in [0.1, 0.15) is 12.6 Å². The number of carboxylic acids is 1. The van der Waals surface area contributed by atoms with Gasteiger partial charge < -0.3 is 25.4 Å². The van der Waals surface area contributed by atoms with Gasteiger partial charge in [0, 0.05) is 5.92 Å². The molecule has 37 heavy (non-hydrogen) atoms. The second-order valence-corrected chi connectivity index (χ2v) is 13.7. The maximum absolute atomic E-state index is 12.6. The minimum Gasteiger partial charge on any atom is -0.480 e. The van der Waals surface area contributed by atoms with Crippen LogP contribution in [0.5, 0.6) is 0 Å². The van der Waals surface area contributed by atoms with Crippen molar-refractivity contribution in [1.29, 1.82) is 0 Å². The van der Waals surface area contributed by atoms with Crippen molar-refractivity contribution in [1.82, 2.24) is 5.32 Å². The van der Waals surface area contributed by atoms with E-state index in [4.69, 9.17) is 9.84 Å². The molecule has 10 atom stereocenters. The first-order valence-electron chi connectivity index (χ1n) is 15.0. The van der Waals surface area contributed by atoms with E-state index >= 15 is 0 Å². The molecule has 7 unspecified atom stereocenters. The summed E-state index contributed by atoms with van der Waals surface area (Å²) in [4.78, 5) is 23.5. The number of alkyl carbamates (subject to hydrolysis) is 1. The second kappa shape index (κ2) is 11.0. The molecule has 4 N–H and O–H groups in total. The van der Waals surface area contributed by atoms with Crippen LogP contribution in [-0.4, -0.2) is 51.7 Å². The number of carbonyl (C=O) groups is 2. The van der Waals surface area contributed by atoms with Crippen LogP contribution in [0.4, 0.5) is 4.79 Å². The number of hydrogen-bond acceptors (Lipinski definition) is 5. The summed E-state index contributed by atoms with van der Waals surface area (Å²) in [5.74, 6) is 0.684. The zero-order valence-corrected chi connectivity index (χ0v) is 23.5. The molecule has 4 saturated carbocycles. The lowest BCUT2D eigenvalue weighted by molar-refractivity contribution is -0.179. The van der Waals surface area contributed by atoms with E-state index in [1.54, 1.807) is 0 Å². The zero-order valence-electron chi connectivity index (χ0n) is 23.5. The highest BCUT2D eigenvalue weighted by atomic mass is 16.6. The summed E-state index contributed by atoms with van der Waals surface area (Å²) in [5, 5.41) is 33.6. The van der Waals surface area contributed by atoms with Gasteiger partial charge in [-0.2, -0.15) is 0 Å². The number of carbonyl (C=O) groups excluding carboxylic acids is 1. The molecular formula is C30H51NO6. The Morgan fingerprint density at radius 2 is 1.68 bits per heavy atom. The molecule has 7 nitrogen and oxygen atoms in total. The van der Waals surface area contributed by atoms with E-state index in [1.807, 2.05) is 0 Å². The fourth-order valence-electron chi connectivity index (χ4n) is 9.81. The molecule has 4 aliphatic rings. The molecule has 0 radical (unpaired) electrons. The van der Waals surface area contributed by atoms with Gasteiger partial charge in [-0.3, -0.25) is 4.79 Å². The number of aliphatic hydroxyl groups is 2. The van der Waals surface area contributed by atoms with E-state index in [9.17, 15) is 19.8 Å². The van der Waals surface area contributed by atoms with Gasteiger partial charge in [-0.25, -0.2) is 4.79 Å². The third-order valence-electron chi connectivity index (χ3n) is 11.6. The molecule has 0 heterocycles. The number of aliphatic hydroxyl groups excluding tert-OH is 1. The molecule has 0 aliphatic heterocycles. The number of ether oxygens (including phenoxy) is 1. The van der Waals surface area contributed by atoms with Crippen LogP contribution in [0.1, 0.15) is 111 Å². The van der Waals surface area contributed by atoms with Crippen molar-refractivity contribution >= 4 is 12.1 Å². The summed E-state index contributed by atoms with van der Waals surface area (Å²) < 4.78 is 5.95. The first-order valence-corrected chi connectivity index (χ1v) is 15.0. The lowest BCUT2D eigenvalue weighted by Crippen LogP contribution is -2.60. The highest BCUT2D eigenvalue weighted by Gasteiger charge is 2.64. The Morgan fingerprint density at radius 3 is 2.38 bits per heavy atom. The lowest BCUT2D eigenvalue weighted by atomic mass is 9.43. The summed E-state index contributed by atoms with van der Waals surface area (Å²) in [7, 11) is 0. The maximum Gasteiger partial charge on any atom is 0.407 e. The quantitative estimate of drug-likeness (QED) is 0.297. The summed E-state index contributed by atoms with van der Waals surface area (Å²) in [5.41, 5.74) is -0.600. The molecule has 4 rings (SSSR count). The predicted octanol–water partition coefficient (Wildman–Crippen LogP) is 5.52. The van der Waals surface area contributed by atoms with Crippen molar-refractivity contribution in [3.05, 3.63) is 0 Å². The van der Waals surface area contributed by atoms with Gasteiger partial charge in [-0.1, -0.05) is 46.5 Å². The fraction of sp³-hybridized carbons (Fsp3) is 0.933. The average molecular weight is 522 g/mol. The lowest BCUT2D eigenvalue weighted by Gasteiger charge is -2.62. The van der Waals surface area contributed by atoms with E-state index in [1.165, 1.54) is 19.3 Å². The predicted molar refractivity (Wildman–Crippen MR) is 142 cm³/mol. The van der Waals surface area contributed by atoms with Gasteiger partial charge in [-0.15, -0.1) is 0 Å². The Kier molecular flexibility index (Phi) is 8.55. The first kappa shape index (κ1) is 28.7. The topological polar surface area (TPSA) is 116 Å². The van der Waals surface area contributed by atoms with E-state index in [-0.39, 0.29) is 34.9 Å². The summed E-state index contributed by atoms with van der Waals surface area (Å²) >= 11 is 0. The number of carboxylic acid groups (broad SMARTS) is 1. The van der Waals surface area contributed by atoms with Gasteiger partial charge in [0.15, 0.2) is 0 Å². The number of fused-ring (bicyclic) bond motifs is 5. The molecule has 0 aromatic carbocycles. The van der Waals surface area contributed by atoms with Crippen LogP contribution in [0.15, 0.2) is 0 Å². The Bertz CT molecular complexity index is 831. The third kappa shape index (κ3) is 5.54. The van der Waals surface area contributed by atoms with Crippen molar-refractivity contribution in [2.45, 2.75) is 129 Å². The number of hydrogen-bond donors (Lipinski definition) is 4. The smallest absolute Gasteiger partial charge is 0.407 e. The van der Waals surface area contributed by atoms with E-state index in [2.05, 4.69) is 33.0 Å². The van der Waals surface area contributed by atoms with Crippen molar-refractivity contribution in [3.63, 3.8) is 0 Å². The second-order valence-electron chi connectivity index (χ2n) is 13.7. The van der Waals surface area contributed by atoms with Gasteiger partial charge in [-0.05, 0) is 99.2 Å². The van der Waals surface area contributed by atoms with E-state index in [0.29, 0.717) is 24.2 Å². The average Bonchev–Trinajstić information content (AvgIpc) is 3.20. The largest absolute Gasteiger partial charge is 0.480 e. The molecule has 0 saturated heterocycles. The van der Waals surface area contributed by atoms with Crippen LogP contribution in [0.3, 0.4) is 0 Å². The van der Waals surface area contributed by atoms with Crippen molar-refractivity contribution in [2.75, 3.05) is 6.54 Å². The van der Waals surface area contributed by atoms with Gasteiger partial charge in [0.2, 0.25) is 0 Å². The number of aliphatic carboxylic acids is 1. The Labute approximate surface area is 223 Å². The van der Waals surface area contributed by atoms with Crippen molar-refractivity contribution < 1.29 is 29.6 Å². The number of amides is 1. The molecular weight excluding hydrogens is 470 g/mol. The Morgan fingerprint density at radius 1 is 0.973 bits per heavy atom. The van der Waals surface area contributed by atoms with E-state index < -0.39 is 24.2 Å². The van der Waals surface area contributed by atoms with Crippen LogP contribution in [-0.2, 0) is 9.53 Å². The molecule has 7 heteroatoms. The number of nitrogens with one attached hydrogen (secondary N) is 1. The Hall–Kier alpha value is -1.34. The minimum absolute atomic E-state index is 0.0119. The number of unbranched alkanes of at least 4 members (excludes halogenated alkanes) is 3. The molecule has 0 aromatic rings. The van der Waals surface area contributed by atoms with Gasteiger partial charge >= 0.3 is 12.1 Å². The highest BCUT2D eigenvalue weighted by Crippen LogP contribution is 2.69. The normalized spacial score (nSPS) is 42.6. The maximum atomic E-state index is 12.6. The monoisotopic (exact) mass is 521 g/mol. The molecule has 4 fully saturated rings. The summed E-state index contributed by atoms with van der Waals surface area (Å²) in [6.07, 6.45) is 11.7. The van der Waals surface area contributed by atoms with Crippen LogP contribution >= 0.6 is 0 Å². The SMILES string of the molecule is CCCCCC[C@](C)(O)C1CCC2C3C[C@H](OC(=O)NCC(=O)O)C4CC(O)CCC4(C)[C@H]3CCC21C. The van der Waals surface area contributed by atoms with Gasteiger partial charge in [0.05, 0.1) is 11.7 Å². The fourth-order valence-corrected chi connectivity index (χ4v) is 9.81. The van der Waals surface area contributed by atoms with Crippen LogP contribution in [0.25, 0.3) is 0 Å². The standard InChI is InChI=1S/C30H51NO6/c1-5-6-7-8-13-30(4,36)25-10-9-21-20-17-24(37-27(35)31-18-26(33)34)23-16-19(32)11-14-28(23,2)22(20)12-15-29(21,25)3/h19-25,32,36H,5-18H2,1-4H3,(H,31,35)(H,33,34)/t19?,20?,21?,22-,23?,24-,25?,28?,29?,30-/m0/s1. The third-order valence-corrected chi connectivity index (χ3v) is 11.6. The van der Waals surface area contributed by atoms with Crippen molar-refractivity contribution in [2.24, 2.45) is 40.4 Å². The summed E-state index contributed by atoms with van der Waals surface area (Å²) in [6.45, 7) is 8.60. The van der Waals surface area contributed by atoms with Crippen LogP contribution in [0.2, 0.25) is 0 Å². The molecule has 212 valence electrons. The Balaban J connectivity index is 1.55. The minimum atomic E-state index is -1.10. The highest BCUT2D eigenvalue weighted by molar-refractivity contribution is 5.76. The summed E-state index contributed by atoms with van der Waals surface area (Å²) in [6, 6.07) is 0. The molecule has 1 amide bonds. The molecule has 0 bridgehead atoms. The van der Waals surface area contributed by atoms with Crippen LogP contribution < -0.4 is 5.32 Å². The van der Waals surface area contributed by atoms with Crippen LogP contribution in [0, 0.1) is 40.4 Å². The molecule has 0 aromatic heterocycles. The zero-order chi connectivity index (χ0) is 27.0. The molecule has 4 aliphatic carbocycles. The molecule has 0 spiro atoms. The number of rotatable bonds is 9. The van der Waals surface area contributed by atoms with Gasteiger partial charge in [0.25, 0.3) is 0 Å². The van der Waals surface area contributed by atoms with Crippen molar-refractivity contribution in [3.8, 4) is 0 Å².